The summed E-state index contributed by atoms with van der Waals surface area (Å²) in [5.41, 5.74) is 5.47. The average Bonchev–Trinajstić information content (AvgIpc) is 3.65. The summed E-state index contributed by atoms with van der Waals surface area (Å²) < 4.78 is 17.6. The predicted octanol–water partition coefficient (Wildman–Crippen LogP) is 7.17. The van der Waals surface area contributed by atoms with Gasteiger partial charge in [0, 0.05) is 17.2 Å². The van der Waals surface area contributed by atoms with Gasteiger partial charge in [-0.25, -0.2) is 9.78 Å². The van der Waals surface area contributed by atoms with Gasteiger partial charge in [0.2, 0.25) is 5.89 Å². The van der Waals surface area contributed by atoms with E-state index in [9.17, 15) is 4.79 Å². The molecule has 0 saturated carbocycles. The minimum atomic E-state index is -0.339. The zero-order valence-electron chi connectivity index (χ0n) is 22.3. The smallest absolute Gasteiger partial charge is 0.344 e. The van der Waals surface area contributed by atoms with E-state index < -0.39 is 0 Å². The molecule has 2 heterocycles. The van der Waals surface area contributed by atoms with E-state index >= 15 is 0 Å². The monoisotopic (exact) mass is 522 g/mol. The van der Waals surface area contributed by atoms with Crippen LogP contribution in [0.2, 0.25) is 0 Å². The molecule has 6 nitrogen and oxygen atoms in total. The molecule has 2 atom stereocenters. The van der Waals surface area contributed by atoms with Crippen LogP contribution in [0.4, 0.5) is 0 Å². The van der Waals surface area contributed by atoms with Gasteiger partial charge in [-0.05, 0) is 62.8 Å². The van der Waals surface area contributed by atoms with Gasteiger partial charge in [0.15, 0.2) is 12.4 Å². The van der Waals surface area contributed by atoms with Gasteiger partial charge < -0.3 is 13.9 Å². The second-order valence-electron chi connectivity index (χ2n) is 10.2. The molecular formula is C33H34N2O4. The van der Waals surface area contributed by atoms with Crippen molar-refractivity contribution in [3.05, 3.63) is 95.9 Å². The lowest BCUT2D eigenvalue weighted by Crippen LogP contribution is -2.31. The molecule has 200 valence electrons. The summed E-state index contributed by atoms with van der Waals surface area (Å²) in [6, 6.07) is 27.1. The van der Waals surface area contributed by atoms with Crippen LogP contribution < -0.4 is 4.74 Å². The highest BCUT2D eigenvalue weighted by Crippen LogP contribution is 2.46. The Kier molecular flexibility index (Phi) is 7.46. The summed E-state index contributed by atoms with van der Waals surface area (Å²) in [5, 5.41) is 0. The van der Waals surface area contributed by atoms with E-state index in [1.807, 2.05) is 48.5 Å². The van der Waals surface area contributed by atoms with Gasteiger partial charge in [-0.3, -0.25) is 4.90 Å². The maximum atomic E-state index is 11.9. The third-order valence-corrected chi connectivity index (χ3v) is 7.79. The van der Waals surface area contributed by atoms with E-state index in [4.69, 9.17) is 18.9 Å². The minimum Gasteiger partial charge on any atom is -0.482 e. The summed E-state index contributed by atoms with van der Waals surface area (Å²) >= 11 is 0. The lowest BCUT2D eigenvalue weighted by molar-refractivity contribution is -0.145. The molecule has 2 aliphatic rings. The molecule has 6 rings (SSSR count). The molecule has 6 heteroatoms. The Balaban J connectivity index is 1.32. The number of oxazole rings is 1. The summed E-state index contributed by atoms with van der Waals surface area (Å²) in [6.07, 6.45) is 5.19. The Morgan fingerprint density at radius 2 is 1.67 bits per heavy atom. The van der Waals surface area contributed by atoms with Crippen LogP contribution in [-0.2, 0) is 16.0 Å². The maximum Gasteiger partial charge on any atom is 0.344 e. The first-order valence-electron chi connectivity index (χ1n) is 14.0. The van der Waals surface area contributed by atoms with E-state index in [1.54, 1.807) is 6.92 Å². The number of hydrogen-bond acceptors (Lipinski definition) is 6. The van der Waals surface area contributed by atoms with E-state index in [0.717, 1.165) is 72.9 Å². The van der Waals surface area contributed by atoms with Gasteiger partial charge in [0.1, 0.15) is 11.4 Å². The lowest BCUT2D eigenvalue weighted by Gasteiger charge is -2.36. The van der Waals surface area contributed by atoms with Crippen LogP contribution in [0.25, 0.3) is 22.6 Å². The number of rotatable bonds is 8. The summed E-state index contributed by atoms with van der Waals surface area (Å²) in [4.78, 5) is 19.6. The molecule has 1 aliphatic heterocycles. The fraction of sp³-hybridized carbons (Fsp3) is 0.333. The first-order chi connectivity index (χ1) is 19.2. The van der Waals surface area contributed by atoms with Crippen molar-refractivity contribution in [2.75, 3.05) is 19.8 Å². The third kappa shape index (κ3) is 5.21. The highest BCUT2D eigenvalue weighted by Gasteiger charge is 2.38. The van der Waals surface area contributed by atoms with Crippen molar-refractivity contribution in [2.24, 2.45) is 0 Å². The Labute approximate surface area is 229 Å². The van der Waals surface area contributed by atoms with Gasteiger partial charge in [0.25, 0.3) is 0 Å². The van der Waals surface area contributed by atoms with Crippen molar-refractivity contribution in [3.63, 3.8) is 0 Å². The second-order valence-corrected chi connectivity index (χ2v) is 10.2. The minimum absolute atomic E-state index is 0.0673. The van der Waals surface area contributed by atoms with Crippen LogP contribution in [0.3, 0.4) is 0 Å². The number of aromatic nitrogens is 1. The topological polar surface area (TPSA) is 64.8 Å². The molecule has 0 N–H and O–H groups in total. The normalized spacial score (nSPS) is 19.0. The first kappa shape index (κ1) is 25.4. The number of fused-ring (bicyclic) bond motifs is 1. The number of carbonyl (C=O) groups excluding carboxylic acids is 1. The number of hydrogen-bond donors (Lipinski definition) is 0. The Morgan fingerprint density at radius 1 is 0.923 bits per heavy atom. The van der Waals surface area contributed by atoms with Crippen molar-refractivity contribution in [2.45, 2.75) is 51.1 Å². The third-order valence-electron chi connectivity index (χ3n) is 7.79. The molecule has 0 unspecified atom stereocenters. The van der Waals surface area contributed by atoms with Crippen LogP contribution in [0.5, 0.6) is 5.75 Å². The molecule has 1 fully saturated rings. The second kappa shape index (κ2) is 11.5. The van der Waals surface area contributed by atoms with Crippen molar-refractivity contribution in [1.82, 2.24) is 9.88 Å². The maximum absolute atomic E-state index is 11.9. The molecule has 1 aromatic heterocycles. The van der Waals surface area contributed by atoms with Gasteiger partial charge in [0.05, 0.1) is 12.6 Å². The Morgan fingerprint density at radius 3 is 2.44 bits per heavy atom. The highest BCUT2D eigenvalue weighted by molar-refractivity contribution is 5.76. The van der Waals surface area contributed by atoms with Gasteiger partial charge in [-0.2, -0.15) is 0 Å². The van der Waals surface area contributed by atoms with Crippen LogP contribution in [-0.4, -0.2) is 35.6 Å². The predicted molar refractivity (Wildman–Crippen MR) is 150 cm³/mol. The van der Waals surface area contributed by atoms with Gasteiger partial charge in [-0.15, -0.1) is 0 Å². The molecule has 0 radical (unpaired) electrons. The number of nitrogens with zero attached hydrogens (tertiary/aromatic N) is 2. The van der Waals surface area contributed by atoms with Crippen LogP contribution in [0, 0.1) is 0 Å². The molecule has 1 saturated heterocycles. The highest BCUT2D eigenvalue weighted by atomic mass is 16.6. The molecule has 0 amide bonds. The summed E-state index contributed by atoms with van der Waals surface area (Å²) in [7, 11) is 0. The Bertz CT molecular complexity index is 1360. The zero-order valence-corrected chi connectivity index (χ0v) is 22.3. The number of esters is 1. The summed E-state index contributed by atoms with van der Waals surface area (Å²) in [5.74, 6) is 2.05. The summed E-state index contributed by atoms with van der Waals surface area (Å²) in [6.45, 7) is 3.08. The van der Waals surface area contributed by atoms with Crippen molar-refractivity contribution < 1.29 is 18.7 Å². The molecular weight excluding hydrogens is 488 g/mol. The first-order valence-corrected chi connectivity index (χ1v) is 14.0. The molecule has 0 bridgehead atoms. The zero-order chi connectivity index (χ0) is 26.6. The molecule has 39 heavy (non-hydrogen) atoms. The fourth-order valence-electron chi connectivity index (χ4n) is 6.09. The van der Waals surface area contributed by atoms with E-state index in [1.165, 1.54) is 11.1 Å². The Hall–Kier alpha value is -3.90. The quantitative estimate of drug-likeness (QED) is 0.229. The lowest BCUT2D eigenvalue weighted by atomic mass is 9.86. The van der Waals surface area contributed by atoms with Crippen molar-refractivity contribution in [1.29, 1.82) is 0 Å². The van der Waals surface area contributed by atoms with Crippen LogP contribution in [0.15, 0.2) is 83.3 Å². The van der Waals surface area contributed by atoms with Gasteiger partial charge >= 0.3 is 5.97 Å². The molecule has 4 aromatic rings. The molecule has 1 aliphatic carbocycles. The van der Waals surface area contributed by atoms with E-state index in [0.29, 0.717) is 6.61 Å². The molecule has 3 aromatic carbocycles. The SMILES string of the molecule is CCOC(=O)COc1cccc2c1CCC[C@H]2N1CCC[C@@H]1c1nc(-c2ccccc2)c(-c2ccccc2)o1. The van der Waals surface area contributed by atoms with Crippen LogP contribution >= 0.6 is 0 Å². The number of ether oxygens (including phenoxy) is 2. The van der Waals surface area contributed by atoms with E-state index in [2.05, 4.69) is 35.2 Å². The van der Waals surface area contributed by atoms with Crippen LogP contribution in [0.1, 0.15) is 61.7 Å². The van der Waals surface area contributed by atoms with Gasteiger partial charge in [-0.1, -0.05) is 72.8 Å². The molecule has 0 spiro atoms. The average molecular weight is 523 g/mol. The number of carbonyl (C=O) groups is 1. The number of benzene rings is 3. The number of likely N-dealkylation sites (tertiary alicyclic amines) is 1. The van der Waals surface area contributed by atoms with Crippen molar-refractivity contribution >= 4 is 5.97 Å². The largest absolute Gasteiger partial charge is 0.482 e. The fourth-order valence-corrected chi connectivity index (χ4v) is 6.09. The van der Waals surface area contributed by atoms with E-state index in [-0.39, 0.29) is 24.7 Å². The standard InChI is InChI=1S/C33H34N2O4/c1-2-37-30(36)22-38-29-20-10-16-25-26(29)17-9-18-27(25)35-21-11-19-28(35)33-34-31(23-12-5-3-6-13-23)32(39-33)24-14-7-4-8-15-24/h3-8,10,12-16,20,27-28H,2,9,11,17-19,21-22H2,1H3/t27-,28-/m1/s1. The van der Waals surface area contributed by atoms with Crippen molar-refractivity contribution in [3.8, 4) is 28.3 Å².